The summed E-state index contributed by atoms with van der Waals surface area (Å²) in [6, 6.07) is 6.32. The maximum absolute atomic E-state index is 12.2. The summed E-state index contributed by atoms with van der Waals surface area (Å²) in [5.74, 6) is -0.349. The van der Waals surface area contributed by atoms with Crippen molar-refractivity contribution in [1.82, 2.24) is 15.3 Å². The van der Waals surface area contributed by atoms with Crippen molar-refractivity contribution >= 4 is 22.8 Å². The predicted molar refractivity (Wildman–Crippen MR) is 97.5 cm³/mol. The zero-order valence-electron chi connectivity index (χ0n) is 14.8. The number of hydrogen-bond acceptors (Lipinski definition) is 6. The van der Waals surface area contributed by atoms with Crippen LogP contribution in [0.15, 0.2) is 29.1 Å². The van der Waals surface area contributed by atoms with Crippen LogP contribution in [0.1, 0.15) is 31.5 Å². The number of esters is 1. The molecule has 0 saturated carbocycles. The van der Waals surface area contributed by atoms with Gasteiger partial charge in [0.25, 0.3) is 5.56 Å². The fourth-order valence-corrected chi connectivity index (χ4v) is 2.64. The van der Waals surface area contributed by atoms with Gasteiger partial charge in [-0.3, -0.25) is 9.59 Å². The molecule has 0 radical (unpaired) electrons. The van der Waals surface area contributed by atoms with E-state index in [1.54, 1.807) is 24.3 Å². The smallest absolute Gasteiger partial charge is 0.328 e. The van der Waals surface area contributed by atoms with Crippen LogP contribution < -0.4 is 16.6 Å². The van der Waals surface area contributed by atoms with Gasteiger partial charge in [0.2, 0.25) is 5.91 Å². The number of aromatic amines is 1. The lowest BCUT2D eigenvalue weighted by Crippen LogP contribution is -2.41. The summed E-state index contributed by atoms with van der Waals surface area (Å²) < 4.78 is 4.73. The molecule has 0 bridgehead atoms. The molecule has 1 amide bonds. The third kappa shape index (κ3) is 5.38. The van der Waals surface area contributed by atoms with Crippen molar-refractivity contribution in [2.75, 3.05) is 13.7 Å². The summed E-state index contributed by atoms with van der Waals surface area (Å²) >= 11 is 0. The Morgan fingerprint density at radius 1 is 1.31 bits per heavy atom. The minimum Gasteiger partial charge on any atom is -0.467 e. The van der Waals surface area contributed by atoms with E-state index in [-0.39, 0.29) is 24.3 Å². The Morgan fingerprint density at radius 2 is 2.08 bits per heavy atom. The maximum Gasteiger partial charge on any atom is 0.328 e. The van der Waals surface area contributed by atoms with Crippen molar-refractivity contribution in [3.63, 3.8) is 0 Å². The number of carbonyl (C=O) groups is 2. The summed E-state index contributed by atoms with van der Waals surface area (Å²) in [4.78, 5) is 43.0. The zero-order valence-corrected chi connectivity index (χ0v) is 14.8. The largest absolute Gasteiger partial charge is 0.467 e. The number of nitrogens with one attached hydrogen (secondary N) is 2. The van der Waals surface area contributed by atoms with E-state index < -0.39 is 12.0 Å². The second-order valence-corrected chi connectivity index (χ2v) is 5.96. The number of aryl methyl sites for hydroxylation is 1. The lowest BCUT2D eigenvalue weighted by molar-refractivity contribution is -0.145. The first-order valence-corrected chi connectivity index (χ1v) is 8.60. The van der Waals surface area contributed by atoms with Crippen LogP contribution >= 0.6 is 0 Å². The van der Waals surface area contributed by atoms with Gasteiger partial charge in [-0.15, -0.1) is 0 Å². The molecule has 4 N–H and O–H groups in total. The molecule has 2 rings (SSSR count). The highest BCUT2D eigenvalue weighted by atomic mass is 16.5. The number of rotatable bonds is 9. The van der Waals surface area contributed by atoms with Gasteiger partial charge in [-0.05, 0) is 37.9 Å². The highest BCUT2D eigenvalue weighted by molar-refractivity contribution is 5.84. The molecule has 0 aliphatic carbocycles. The number of aromatic nitrogens is 2. The first-order chi connectivity index (χ1) is 12.5. The first kappa shape index (κ1) is 19.6. The average Bonchev–Trinajstić information content (AvgIpc) is 2.65. The number of ether oxygens (including phenoxy) is 1. The second kappa shape index (κ2) is 9.67. The molecule has 0 saturated heterocycles. The molecule has 8 nitrogen and oxygen atoms in total. The van der Waals surface area contributed by atoms with Gasteiger partial charge in [-0.2, -0.15) is 0 Å². The number of para-hydroxylation sites is 1. The van der Waals surface area contributed by atoms with Crippen molar-refractivity contribution in [2.45, 2.75) is 38.1 Å². The third-order valence-electron chi connectivity index (χ3n) is 4.02. The Morgan fingerprint density at radius 3 is 2.81 bits per heavy atom. The van der Waals surface area contributed by atoms with Gasteiger partial charge in [-0.25, -0.2) is 9.78 Å². The van der Waals surface area contributed by atoms with Crippen molar-refractivity contribution < 1.29 is 14.3 Å². The van der Waals surface area contributed by atoms with Crippen LogP contribution in [-0.2, 0) is 20.7 Å². The van der Waals surface area contributed by atoms with Crippen LogP contribution in [0.4, 0.5) is 0 Å². The van der Waals surface area contributed by atoms with Gasteiger partial charge in [0.1, 0.15) is 11.9 Å². The van der Waals surface area contributed by atoms with Crippen molar-refractivity contribution in [2.24, 2.45) is 5.73 Å². The standard InChI is InChI=1S/C18H24N4O4/c1-26-18(25)14(8-4-5-11-19)21-16(23)10-9-15-20-13-7-3-2-6-12(13)17(24)22-15/h2-3,6-7,14H,4-5,8-11,19H2,1H3,(H,21,23)(H,20,22,24)/t14-/m0/s1. The number of methoxy groups -OCH3 is 1. The fraction of sp³-hybridized carbons (Fsp3) is 0.444. The van der Waals surface area contributed by atoms with Crippen molar-refractivity contribution in [3.8, 4) is 0 Å². The van der Waals surface area contributed by atoms with Crippen LogP contribution in [0.3, 0.4) is 0 Å². The summed E-state index contributed by atoms with van der Waals surface area (Å²) in [6.45, 7) is 0.531. The predicted octanol–water partition coefficient (Wildman–Crippen LogP) is 0.643. The summed E-state index contributed by atoms with van der Waals surface area (Å²) in [7, 11) is 1.29. The zero-order chi connectivity index (χ0) is 18.9. The van der Waals surface area contributed by atoms with E-state index >= 15 is 0 Å². The minimum absolute atomic E-state index is 0.103. The van der Waals surface area contributed by atoms with E-state index in [1.807, 2.05) is 0 Å². The highest BCUT2D eigenvalue weighted by Crippen LogP contribution is 2.07. The lowest BCUT2D eigenvalue weighted by atomic mass is 10.1. The molecule has 140 valence electrons. The average molecular weight is 360 g/mol. The van der Waals surface area contributed by atoms with E-state index in [0.29, 0.717) is 29.7 Å². The monoisotopic (exact) mass is 360 g/mol. The molecule has 0 fully saturated rings. The molecule has 2 aromatic rings. The number of fused-ring (bicyclic) bond motifs is 1. The minimum atomic E-state index is -0.692. The van der Waals surface area contributed by atoms with E-state index in [1.165, 1.54) is 7.11 Å². The third-order valence-corrected chi connectivity index (χ3v) is 4.02. The number of hydrogen-bond donors (Lipinski definition) is 3. The molecule has 1 atom stereocenters. The Balaban J connectivity index is 1.96. The highest BCUT2D eigenvalue weighted by Gasteiger charge is 2.21. The Labute approximate surface area is 151 Å². The van der Waals surface area contributed by atoms with Crippen LogP contribution in [0.25, 0.3) is 10.9 Å². The van der Waals surface area contributed by atoms with Gasteiger partial charge in [0, 0.05) is 12.8 Å². The lowest BCUT2D eigenvalue weighted by Gasteiger charge is -2.16. The number of carbonyl (C=O) groups excluding carboxylic acids is 2. The Hall–Kier alpha value is -2.74. The van der Waals surface area contributed by atoms with Gasteiger partial charge < -0.3 is 20.8 Å². The molecule has 1 heterocycles. The van der Waals surface area contributed by atoms with Crippen LogP contribution in [0, 0.1) is 0 Å². The van der Waals surface area contributed by atoms with E-state index in [9.17, 15) is 14.4 Å². The Bertz CT molecular complexity index is 818. The topological polar surface area (TPSA) is 127 Å². The van der Waals surface area contributed by atoms with E-state index in [4.69, 9.17) is 10.5 Å². The molecule has 0 unspecified atom stereocenters. The van der Waals surface area contributed by atoms with E-state index in [0.717, 1.165) is 12.8 Å². The number of nitrogens with two attached hydrogens (primary N) is 1. The van der Waals surface area contributed by atoms with Crippen molar-refractivity contribution in [1.29, 1.82) is 0 Å². The molecule has 1 aromatic carbocycles. The SMILES string of the molecule is COC(=O)[C@H](CCCCN)NC(=O)CCc1nc2ccccc2c(=O)[nH]1. The van der Waals surface area contributed by atoms with Crippen LogP contribution in [0.2, 0.25) is 0 Å². The van der Waals surface area contributed by atoms with Crippen LogP contribution in [0.5, 0.6) is 0 Å². The molecule has 0 spiro atoms. The second-order valence-electron chi connectivity index (χ2n) is 5.96. The van der Waals surface area contributed by atoms with Crippen LogP contribution in [-0.4, -0.2) is 41.5 Å². The van der Waals surface area contributed by atoms with E-state index in [2.05, 4.69) is 15.3 Å². The quantitative estimate of drug-likeness (QED) is 0.445. The summed E-state index contributed by atoms with van der Waals surface area (Å²) in [6.07, 6.45) is 2.33. The molecule has 1 aromatic heterocycles. The first-order valence-electron chi connectivity index (χ1n) is 8.60. The summed E-state index contributed by atoms with van der Waals surface area (Å²) in [5.41, 5.74) is 5.80. The molecule has 0 aliphatic heterocycles. The molecular formula is C18H24N4O4. The number of nitrogens with zero attached hydrogens (tertiary/aromatic N) is 1. The fourth-order valence-electron chi connectivity index (χ4n) is 2.64. The molecule has 26 heavy (non-hydrogen) atoms. The number of benzene rings is 1. The molecular weight excluding hydrogens is 336 g/mol. The molecule has 8 heteroatoms. The van der Waals surface area contributed by atoms with Gasteiger partial charge >= 0.3 is 5.97 Å². The van der Waals surface area contributed by atoms with Gasteiger partial charge in [0.05, 0.1) is 18.0 Å². The normalized spacial score (nSPS) is 11.9. The number of unbranched alkanes of at least 4 members (excludes halogenated alkanes) is 1. The summed E-state index contributed by atoms with van der Waals surface area (Å²) in [5, 5.41) is 3.18. The van der Waals surface area contributed by atoms with Gasteiger partial charge in [0.15, 0.2) is 0 Å². The number of H-pyrrole nitrogens is 1. The number of amides is 1. The molecule has 0 aliphatic rings. The Kier molecular flexibility index (Phi) is 7.28. The van der Waals surface area contributed by atoms with Crippen molar-refractivity contribution in [3.05, 3.63) is 40.4 Å². The maximum atomic E-state index is 12.2. The van der Waals surface area contributed by atoms with Gasteiger partial charge in [-0.1, -0.05) is 12.1 Å².